The Kier molecular flexibility index (Phi) is 8.34. The van der Waals surface area contributed by atoms with Crippen LogP contribution in [0.2, 0.25) is 0 Å². The van der Waals surface area contributed by atoms with E-state index in [1.165, 1.54) is 34.8 Å². The van der Waals surface area contributed by atoms with Crippen LogP contribution in [-0.4, -0.2) is 98.7 Å². The van der Waals surface area contributed by atoms with Crippen molar-refractivity contribution in [3.05, 3.63) is 45.7 Å². The highest BCUT2D eigenvalue weighted by Gasteiger charge is 2.38. The van der Waals surface area contributed by atoms with Gasteiger partial charge in [0.05, 0.1) is 24.4 Å². The van der Waals surface area contributed by atoms with Crippen molar-refractivity contribution in [2.75, 3.05) is 45.2 Å². The van der Waals surface area contributed by atoms with Crippen LogP contribution in [0.1, 0.15) is 41.3 Å². The molecule has 3 aromatic heterocycles. The first-order valence-corrected chi connectivity index (χ1v) is 16.0. The number of nitriles is 1. The highest BCUT2D eigenvalue weighted by atomic mass is 32.1. The molecule has 1 aromatic carbocycles. The second-order valence-corrected chi connectivity index (χ2v) is 13.0. The van der Waals surface area contributed by atoms with Gasteiger partial charge in [0.2, 0.25) is 16.8 Å². The highest BCUT2D eigenvalue weighted by Crippen LogP contribution is 2.39. The van der Waals surface area contributed by atoms with Crippen LogP contribution in [0.4, 0.5) is 15.3 Å². The van der Waals surface area contributed by atoms with Gasteiger partial charge in [0.1, 0.15) is 27.5 Å². The first-order chi connectivity index (χ1) is 21.2. The van der Waals surface area contributed by atoms with Crippen LogP contribution in [0, 0.1) is 17.1 Å². The average molecular weight is 638 g/mol. The monoisotopic (exact) mass is 637 g/mol. The summed E-state index contributed by atoms with van der Waals surface area (Å²) in [5.41, 5.74) is 1.99. The van der Waals surface area contributed by atoms with Gasteiger partial charge in [-0.1, -0.05) is 29.6 Å². The number of nitrogens with zero attached hydrogens (tertiary/aromatic N) is 8. The number of hydrogen-bond donors (Lipinski definition) is 2. The summed E-state index contributed by atoms with van der Waals surface area (Å²) in [7, 11) is 3.46. The number of thiazole rings is 1. The molecule has 2 saturated heterocycles. The van der Waals surface area contributed by atoms with Crippen molar-refractivity contribution in [2.24, 2.45) is 0 Å². The van der Waals surface area contributed by atoms with Crippen LogP contribution in [0.15, 0.2) is 24.3 Å². The van der Waals surface area contributed by atoms with Gasteiger partial charge in [0, 0.05) is 45.2 Å². The molecule has 44 heavy (non-hydrogen) atoms. The third-order valence-electron chi connectivity index (χ3n) is 8.20. The molecule has 4 aromatic rings. The SMILES string of the molecule is CCc1nc2sc(C3CCN(CC(=O)N4CC(O)C4)[C@H](C(=O)NC)C3)nn2c1N(C)c1nc(-c2ccc(F)cc2)c(C#N)s1. The zero-order chi connectivity index (χ0) is 31.1. The molecule has 230 valence electrons. The summed E-state index contributed by atoms with van der Waals surface area (Å²) in [6.07, 6.45) is 1.43. The number of imidazole rings is 1. The third kappa shape index (κ3) is 5.54. The largest absolute Gasteiger partial charge is 0.389 e. The maximum absolute atomic E-state index is 13.5. The molecule has 2 aliphatic heterocycles. The molecule has 0 radical (unpaired) electrons. The van der Waals surface area contributed by atoms with Gasteiger partial charge in [-0.2, -0.15) is 14.9 Å². The molecule has 1 unspecified atom stereocenters. The smallest absolute Gasteiger partial charge is 0.237 e. The van der Waals surface area contributed by atoms with Gasteiger partial charge >= 0.3 is 0 Å². The van der Waals surface area contributed by atoms with E-state index in [0.29, 0.717) is 53.7 Å². The van der Waals surface area contributed by atoms with E-state index in [0.717, 1.165) is 27.9 Å². The van der Waals surface area contributed by atoms with Crippen molar-refractivity contribution in [1.29, 1.82) is 5.26 Å². The summed E-state index contributed by atoms with van der Waals surface area (Å²) in [5.74, 6) is 0.160. The number of likely N-dealkylation sites (N-methyl/N-ethyl adjacent to an activating group) is 1. The molecular formula is C29H32FN9O3S2. The summed E-state index contributed by atoms with van der Waals surface area (Å²) in [5, 5.41) is 28.6. The summed E-state index contributed by atoms with van der Waals surface area (Å²) in [6, 6.07) is 7.65. The number of nitrogens with one attached hydrogen (secondary N) is 1. The number of piperidine rings is 1. The van der Waals surface area contributed by atoms with E-state index in [-0.39, 0.29) is 30.1 Å². The minimum Gasteiger partial charge on any atom is -0.389 e. The Labute approximate surface area is 261 Å². The molecule has 0 aliphatic carbocycles. The fraction of sp³-hybridized carbons (Fsp3) is 0.448. The molecule has 12 nitrogen and oxygen atoms in total. The molecule has 2 amide bonds. The standard InChI is InChI=1S/C29H32FN9O3S2/c1-4-20-27(36(3)28-34-24(22(12-31)43-28)16-5-7-18(30)8-6-16)39-29(33-20)44-26(35-39)17-9-10-37(21(11-17)25(42)32-2)15-23(41)38-13-19(40)14-38/h5-8,17,19,21,40H,4,9-11,13-15H2,1-3H3,(H,32,42)/t17?,21-/m0/s1. The second kappa shape index (κ2) is 12.2. The number of aromatic nitrogens is 4. The third-order valence-corrected chi connectivity index (χ3v) is 10.3. The number of likely N-dealkylation sites (tertiary alicyclic amines) is 2. The number of halogens is 1. The fourth-order valence-electron chi connectivity index (χ4n) is 5.75. The molecule has 0 spiro atoms. The molecule has 0 bridgehead atoms. The topological polar surface area (TPSA) is 143 Å². The van der Waals surface area contributed by atoms with E-state index >= 15 is 0 Å². The number of aliphatic hydroxyl groups is 1. The number of aryl methyl sites for hydroxylation is 1. The van der Waals surface area contributed by atoms with Crippen molar-refractivity contribution in [3.63, 3.8) is 0 Å². The summed E-state index contributed by atoms with van der Waals surface area (Å²) in [6.45, 7) is 3.38. The summed E-state index contributed by atoms with van der Waals surface area (Å²) in [4.78, 5) is 41.8. The second-order valence-electron chi connectivity index (χ2n) is 11.0. The Balaban J connectivity index is 1.26. The number of anilines is 2. The van der Waals surface area contributed by atoms with Crippen molar-refractivity contribution in [2.45, 2.75) is 44.2 Å². The zero-order valence-corrected chi connectivity index (χ0v) is 26.2. The van der Waals surface area contributed by atoms with E-state index in [1.54, 1.807) is 24.1 Å². The van der Waals surface area contributed by atoms with Crippen LogP contribution < -0.4 is 10.2 Å². The van der Waals surface area contributed by atoms with Gasteiger partial charge in [-0.15, -0.1) is 0 Å². The number of aliphatic hydroxyl groups excluding tert-OH is 1. The van der Waals surface area contributed by atoms with Crippen LogP contribution >= 0.6 is 22.7 Å². The van der Waals surface area contributed by atoms with Crippen LogP contribution in [0.5, 0.6) is 0 Å². The molecule has 2 aliphatic rings. The van der Waals surface area contributed by atoms with Crippen molar-refractivity contribution in [1.82, 2.24) is 34.7 Å². The Bertz CT molecular complexity index is 1740. The molecule has 2 fully saturated rings. The van der Waals surface area contributed by atoms with E-state index in [1.807, 2.05) is 28.3 Å². The molecule has 15 heteroatoms. The number of carbonyl (C=O) groups excluding carboxylic acids is 2. The lowest BCUT2D eigenvalue weighted by Crippen LogP contribution is -2.58. The maximum Gasteiger partial charge on any atom is 0.237 e. The van der Waals surface area contributed by atoms with Gasteiger partial charge in [0.15, 0.2) is 10.9 Å². The zero-order valence-electron chi connectivity index (χ0n) is 24.5. The normalized spacial score (nSPS) is 19.1. The molecule has 0 saturated carbocycles. The van der Waals surface area contributed by atoms with Gasteiger partial charge in [0.25, 0.3) is 0 Å². The number of amides is 2. The lowest BCUT2D eigenvalue weighted by Gasteiger charge is -2.41. The molecule has 6 rings (SSSR count). The maximum atomic E-state index is 13.5. The van der Waals surface area contributed by atoms with E-state index in [2.05, 4.69) is 11.4 Å². The fourth-order valence-corrected chi connectivity index (χ4v) is 7.66. The van der Waals surface area contributed by atoms with Gasteiger partial charge < -0.3 is 20.2 Å². The van der Waals surface area contributed by atoms with Crippen molar-refractivity contribution in [3.8, 4) is 17.3 Å². The first kappa shape index (κ1) is 30.1. The lowest BCUT2D eigenvalue weighted by molar-refractivity contribution is -0.144. The van der Waals surface area contributed by atoms with Gasteiger partial charge in [-0.3, -0.25) is 14.5 Å². The lowest BCUT2D eigenvalue weighted by atomic mass is 9.90. The van der Waals surface area contributed by atoms with Crippen molar-refractivity contribution >= 4 is 50.4 Å². The van der Waals surface area contributed by atoms with Crippen LogP contribution in [-0.2, 0) is 16.0 Å². The number of benzene rings is 1. The predicted octanol–water partition coefficient (Wildman–Crippen LogP) is 2.75. The van der Waals surface area contributed by atoms with Gasteiger partial charge in [-0.05, 0) is 43.5 Å². The number of fused-ring (bicyclic) bond motifs is 1. The van der Waals surface area contributed by atoms with Crippen molar-refractivity contribution < 1.29 is 19.1 Å². The Morgan fingerprint density at radius 3 is 2.64 bits per heavy atom. The van der Waals surface area contributed by atoms with Crippen LogP contribution in [0.25, 0.3) is 16.2 Å². The van der Waals surface area contributed by atoms with Crippen LogP contribution in [0.3, 0.4) is 0 Å². The average Bonchev–Trinajstić information content (AvgIpc) is 3.72. The summed E-state index contributed by atoms with van der Waals surface area (Å²) >= 11 is 2.73. The molecule has 2 N–H and O–H groups in total. The minimum atomic E-state index is -0.483. The Morgan fingerprint density at radius 1 is 1.23 bits per heavy atom. The Morgan fingerprint density at radius 2 is 1.98 bits per heavy atom. The molecule has 2 atom stereocenters. The van der Waals surface area contributed by atoms with E-state index in [4.69, 9.17) is 15.1 Å². The number of hydrogen-bond acceptors (Lipinski definition) is 11. The quantitative estimate of drug-likeness (QED) is 0.298. The Hall–Kier alpha value is -3.97. The molecular weight excluding hydrogens is 606 g/mol. The number of carbonyl (C=O) groups is 2. The highest BCUT2D eigenvalue weighted by molar-refractivity contribution is 7.17. The van der Waals surface area contributed by atoms with E-state index in [9.17, 15) is 24.3 Å². The number of β-amino-alcohol motifs (C(OH)–C–C–N with tert-alkyl or cyclic N) is 1. The van der Waals surface area contributed by atoms with E-state index < -0.39 is 12.1 Å². The number of rotatable bonds is 8. The summed E-state index contributed by atoms with van der Waals surface area (Å²) < 4.78 is 15.3. The minimum absolute atomic E-state index is 0.000418. The predicted molar refractivity (Wildman–Crippen MR) is 165 cm³/mol. The first-order valence-electron chi connectivity index (χ1n) is 14.4. The van der Waals surface area contributed by atoms with Gasteiger partial charge in [-0.25, -0.2) is 14.4 Å². The molecule has 5 heterocycles.